The van der Waals surface area contributed by atoms with E-state index in [0.717, 1.165) is 17.7 Å². The van der Waals surface area contributed by atoms with E-state index in [2.05, 4.69) is 67.2 Å². The molecule has 0 radical (unpaired) electrons. The Morgan fingerprint density at radius 2 is 1.67 bits per heavy atom. The molecule has 33 heavy (non-hydrogen) atoms. The third-order valence-corrected chi connectivity index (χ3v) is 8.19. The lowest BCUT2D eigenvalue weighted by atomic mass is 9.76. The van der Waals surface area contributed by atoms with Gasteiger partial charge in [0.1, 0.15) is 0 Å². The molecule has 0 saturated carbocycles. The van der Waals surface area contributed by atoms with Gasteiger partial charge in [0.25, 0.3) is 10.0 Å². The summed E-state index contributed by atoms with van der Waals surface area (Å²) in [6, 6.07) is 23.6. The van der Waals surface area contributed by atoms with Crippen molar-refractivity contribution in [3.05, 3.63) is 102 Å². The van der Waals surface area contributed by atoms with Crippen molar-refractivity contribution in [2.75, 3.05) is 10.0 Å². The van der Waals surface area contributed by atoms with E-state index in [-0.39, 0.29) is 17.4 Å². The lowest BCUT2D eigenvalue weighted by Crippen LogP contribution is -2.29. The molecule has 3 aromatic carbocycles. The van der Waals surface area contributed by atoms with Gasteiger partial charge in [0, 0.05) is 17.3 Å². The van der Waals surface area contributed by atoms with Crippen LogP contribution in [0.1, 0.15) is 55.8 Å². The Labute approximate surface area is 196 Å². The Hall–Kier alpha value is -3.05. The third kappa shape index (κ3) is 4.18. The molecule has 0 unspecified atom stereocenters. The lowest BCUT2D eigenvalue weighted by Gasteiger charge is -2.38. The summed E-state index contributed by atoms with van der Waals surface area (Å²) in [7, 11) is -3.66. The molecule has 5 rings (SSSR count). The van der Waals surface area contributed by atoms with Gasteiger partial charge in [0.05, 0.1) is 10.9 Å². The predicted octanol–water partition coefficient (Wildman–Crippen LogP) is 6.61. The number of allylic oxidation sites excluding steroid dienone is 2. The van der Waals surface area contributed by atoms with Crippen molar-refractivity contribution in [2.45, 2.75) is 49.5 Å². The molecule has 0 aromatic heterocycles. The van der Waals surface area contributed by atoms with Crippen LogP contribution in [0, 0.1) is 5.92 Å². The van der Waals surface area contributed by atoms with Gasteiger partial charge in [-0.05, 0) is 64.8 Å². The smallest absolute Gasteiger partial charge is 0.261 e. The highest BCUT2D eigenvalue weighted by Crippen LogP contribution is 2.50. The molecule has 5 heteroatoms. The minimum atomic E-state index is -3.66. The molecule has 3 atom stereocenters. The van der Waals surface area contributed by atoms with Crippen molar-refractivity contribution in [2.24, 2.45) is 5.92 Å². The Morgan fingerprint density at radius 3 is 2.36 bits per heavy atom. The van der Waals surface area contributed by atoms with Crippen molar-refractivity contribution in [1.29, 1.82) is 0 Å². The molecule has 2 aliphatic rings. The van der Waals surface area contributed by atoms with E-state index in [1.807, 2.05) is 30.3 Å². The van der Waals surface area contributed by atoms with Crippen molar-refractivity contribution >= 4 is 21.4 Å². The minimum absolute atomic E-state index is 0.123. The average Bonchev–Trinajstić information content (AvgIpc) is 3.28. The first-order valence-corrected chi connectivity index (χ1v) is 13.0. The normalized spacial score (nSPS) is 21.7. The number of anilines is 2. The zero-order valence-electron chi connectivity index (χ0n) is 19.2. The van der Waals surface area contributed by atoms with Crippen LogP contribution in [0.2, 0.25) is 0 Å². The number of sulfonamides is 1. The highest BCUT2D eigenvalue weighted by atomic mass is 32.2. The summed E-state index contributed by atoms with van der Waals surface area (Å²) >= 11 is 0. The monoisotopic (exact) mass is 458 g/mol. The second-order valence-corrected chi connectivity index (χ2v) is 11.8. The fraction of sp³-hybridized carbons (Fsp3) is 0.286. The molecule has 2 N–H and O–H groups in total. The third-order valence-electron chi connectivity index (χ3n) is 6.81. The highest BCUT2D eigenvalue weighted by molar-refractivity contribution is 7.92. The van der Waals surface area contributed by atoms with Gasteiger partial charge in [0.2, 0.25) is 0 Å². The van der Waals surface area contributed by atoms with E-state index in [1.165, 1.54) is 11.1 Å². The van der Waals surface area contributed by atoms with Gasteiger partial charge >= 0.3 is 0 Å². The Kier molecular flexibility index (Phi) is 5.32. The molecule has 0 amide bonds. The zero-order chi connectivity index (χ0) is 23.2. The molecular formula is C28H30N2O2S. The number of hydrogen-bond acceptors (Lipinski definition) is 3. The molecule has 0 saturated heterocycles. The SMILES string of the molecule is CC(C)(C)c1ccc([C@H]2Nc3ccc(S(=O)(=O)Nc4ccccc4)cc3[C@H]3C=CC[C@H]32)cc1. The molecule has 3 aromatic rings. The van der Waals surface area contributed by atoms with Gasteiger partial charge in [0.15, 0.2) is 0 Å². The van der Waals surface area contributed by atoms with Gasteiger partial charge in [-0.15, -0.1) is 0 Å². The van der Waals surface area contributed by atoms with Gasteiger partial charge < -0.3 is 5.32 Å². The molecule has 1 aliphatic carbocycles. The zero-order valence-corrected chi connectivity index (χ0v) is 20.1. The summed E-state index contributed by atoms with van der Waals surface area (Å²) in [5, 5.41) is 3.72. The van der Waals surface area contributed by atoms with Gasteiger partial charge in [-0.2, -0.15) is 0 Å². The molecule has 0 bridgehead atoms. The fourth-order valence-electron chi connectivity index (χ4n) is 4.98. The summed E-state index contributed by atoms with van der Waals surface area (Å²) in [5.41, 5.74) is 5.33. The molecule has 170 valence electrons. The molecule has 0 fully saturated rings. The van der Waals surface area contributed by atoms with E-state index < -0.39 is 10.0 Å². The van der Waals surface area contributed by atoms with E-state index in [0.29, 0.717) is 16.5 Å². The molecular weight excluding hydrogens is 428 g/mol. The van der Waals surface area contributed by atoms with E-state index >= 15 is 0 Å². The maximum absolute atomic E-state index is 13.0. The standard InChI is InChI=1S/C28H30N2O2S/c1-28(2,3)20-14-12-19(13-15-20)27-24-11-7-10-23(24)25-18-22(16-17-26(25)29-27)33(31,32)30-21-8-5-4-6-9-21/h4-10,12-18,23-24,27,29-30H,11H2,1-3H3/t23-,24+,27+/m0/s1. The van der Waals surface area contributed by atoms with Gasteiger partial charge in [-0.25, -0.2) is 8.42 Å². The predicted molar refractivity (Wildman–Crippen MR) is 135 cm³/mol. The van der Waals surface area contributed by atoms with Gasteiger partial charge in [-0.1, -0.05) is 75.4 Å². The number of benzene rings is 3. The van der Waals surface area contributed by atoms with E-state index in [9.17, 15) is 8.42 Å². The Morgan fingerprint density at radius 1 is 0.939 bits per heavy atom. The largest absolute Gasteiger partial charge is 0.378 e. The van der Waals surface area contributed by atoms with Crippen LogP contribution in [-0.2, 0) is 15.4 Å². The van der Waals surface area contributed by atoms with Crippen molar-refractivity contribution in [1.82, 2.24) is 0 Å². The van der Waals surface area contributed by atoms with Crippen LogP contribution in [0.5, 0.6) is 0 Å². The van der Waals surface area contributed by atoms with Crippen LogP contribution >= 0.6 is 0 Å². The first-order valence-electron chi connectivity index (χ1n) is 11.5. The number of fused-ring (bicyclic) bond motifs is 3. The van der Waals surface area contributed by atoms with Crippen molar-refractivity contribution in [3.63, 3.8) is 0 Å². The van der Waals surface area contributed by atoms with Crippen molar-refractivity contribution < 1.29 is 8.42 Å². The van der Waals surface area contributed by atoms with Crippen molar-refractivity contribution in [3.8, 4) is 0 Å². The Bertz CT molecular complexity index is 1290. The topological polar surface area (TPSA) is 58.2 Å². The Balaban J connectivity index is 1.46. The quantitative estimate of drug-likeness (QED) is 0.432. The minimum Gasteiger partial charge on any atom is -0.378 e. The number of rotatable bonds is 4. The molecule has 0 spiro atoms. The summed E-state index contributed by atoms with van der Waals surface area (Å²) in [6.07, 6.45) is 5.44. The van der Waals surface area contributed by atoms with Crippen LogP contribution in [-0.4, -0.2) is 8.42 Å². The number of hydrogen-bond donors (Lipinski definition) is 2. The second kappa shape index (κ2) is 8.07. The van der Waals surface area contributed by atoms with Crippen LogP contribution in [0.15, 0.2) is 89.8 Å². The first kappa shape index (κ1) is 21.8. The van der Waals surface area contributed by atoms with E-state index in [4.69, 9.17) is 0 Å². The van der Waals surface area contributed by atoms with Crippen LogP contribution in [0.3, 0.4) is 0 Å². The summed E-state index contributed by atoms with van der Waals surface area (Å²) in [5.74, 6) is 0.554. The summed E-state index contributed by atoms with van der Waals surface area (Å²) in [4.78, 5) is 0.291. The molecule has 1 aliphatic heterocycles. The fourth-order valence-corrected chi connectivity index (χ4v) is 6.07. The maximum Gasteiger partial charge on any atom is 0.261 e. The summed E-state index contributed by atoms with van der Waals surface area (Å²) in [6.45, 7) is 6.69. The summed E-state index contributed by atoms with van der Waals surface area (Å²) < 4.78 is 28.7. The van der Waals surface area contributed by atoms with Crippen LogP contribution < -0.4 is 10.0 Å². The number of nitrogens with one attached hydrogen (secondary N) is 2. The first-order chi connectivity index (χ1) is 15.7. The second-order valence-electron chi connectivity index (χ2n) is 10.1. The lowest BCUT2D eigenvalue weighted by molar-refractivity contribution is 0.425. The van der Waals surface area contributed by atoms with Gasteiger partial charge in [-0.3, -0.25) is 4.72 Å². The van der Waals surface area contributed by atoms with Crippen LogP contribution in [0.4, 0.5) is 11.4 Å². The highest BCUT2D eigenvalue weighted by Gasteiger charge is 2.38. The number of para-hydroxylation sites is 1. The molecule has 4 nitrogen and oxygen atoms in total. The average molecular weight is 459 g/mol. The van der Waals surface area contributed by atoms with E-state index in [1.54, 1.807) is 18.2 Å². The maximum atomic E-state index is 13.0. The molecule has 1 heterocycles. The van der Waals surface area contributed by atoms with Crippen LogP contribution in [0.25, 0.3) is 0 Å².